The van der Waals surface area contributed by atoms with Crippen molar-refractivity contribution < 1.29 is 14.6 Å². The third-order valence-electron chi connectivity index (χ3n) is 5.93. The Kier molecular flexibility index (Phi) is 8.30. The van der Waals surface area contributed by atoms with Crippen LogP contribution in [-0.2, 0) is 17.8 Å². The summed E-state index contributed by atoms with van der Waals surface area (Å²) in [5.74, 6) is 0.361. The normalized spacial score (nSPS) is 12.9. The number of esters is 1. The van der Waals surface area contributed by atoms with Crippen molar-refractivity contribution in [1.29, 1.82) is 10.7 Å². The molecule has 0 atom stereocenters. The van der Waals surface area contributed by atoms with Crippen LogP contribution < -0.4 is 5.32 Å². The summed E-state index contributed by atoms with van der Waals surface area (Å²) in [6, 6.07) is 7.71. The minimum absolute atomic E-state index is 0.0574. The molecule has 1 aromatic carbocycles. The average Bonchev–Trinajstić information content (AvgIpc) is 3.20. The van der Waals surface area contributed by atoms with Crippen molar-refractivity contribution in [3.63, 3.8) is 0 Å². The molecule has 0 radical (unpaired) electrons. The fraction of sp³-hybridized carbons (Fsp3) is 0.360. The summed E-state index contributed by atoms with van der Waals surface area (Å²) in [5, 5.41) is 29.3. The Bertz CT molecular complexity index is 1100. The van der Waals surface area contributed by atoms with Gasteiger partial charge in [-0.2, -0.15) is 5.26 Å². The van der Waals surface area contributed by atoms with E-state index in [4.69, 9.17) is 15.4 Å². The van der Waals surface area contributed by atoms with Gasteiger partial charge in [-0.1, -0.05) is 6.07 Å². The third kappa shape index (κ3) is 6.04. The molecule has 172 valence electrons. The van der Waals surface area contributed by atoms with Gasteiger partial charge in [-0.25, -0.2) is 9.78 Å². The number of rotatable bonds is 11. The van der Waals surface area contributed by atoms with Crippen LogP contribution in [0.5, 0.6) is 0 Å². The fourth-order valence-electron chi connectivity index (χ4n) is 3.82. The van der Waals surface area contributed by atoms with E-state index in [2.05, 4.69) is 21.3 Å². The van der Waals surface area contributed by atoms with Gasteiger partial charge >= 0.3 is 5.97 Å². The molecule has 8 heteroatoms. The number of aliphatic hydroxyl groups excluding tert-OH is 1. The van der Waals surface area contributed by atoms with Gasteiger partial charge in [0.2, 0.25) is 0 Å². The van der Waals surface area contributed by atoms with Gasteiger partial charge in [0.15, 0.2) is 0 Å². The van der Waals surface area contributed by atoms with Gasteiger partial charge in [-0.15, -0.1) is 0 Å². The minimum atomic E-state index is -0.257. The fourth-order valence-corrected chi connectivity index (χ4v) is 3.82. The van der Waals surface area contributed by atoms with Crippen LogP contribution in [0.2, 0.25) is 0 Å². The first-order valence-electron chi connectivity index (χ1n) is 10.9. The summed E-state index contributed by atoms with van der Waals surface area (Å²) in [5.41, 5.74) is 6.06. The van der Waals surface area contributed by atoms with Crippen LogP contribution >= 0.6 is 0 Å². The molecule has 0 saturated heterocycles. The maximum atomic E-state index is 11.7. The van der Waals surface area contributed by atoms with Crippen molar-refractivity contribution in [3.05, 3.63) is 69.5 Å². The number of aryl methyl sites for hydroxylation is 1. The average molecular weight is 448 g/mol. The highest BCUT2D eigenvalue weighted by Crippen LogP contribution is 2.26. The second-order valence-electron chi connectivity index (χ2n) is 8.02. The van der Waals surface area contributed by atoms with Crippen LogP contribution in [0, 0.1) is 30.6 Å². The maximum absolute atomic E-state index is 11.7. The zero-order valence-electron chi connectivity index (χ0n) is 19.0. The molecule has 3 rings (SSSR count). The molecule has 3 N–H and O–H groups in total. The third-order valence-corrected chi connectivity index (χ3v) is 5.93. The van der Waals surface area contributed by atoms with Crippen molar-refractivity contribution in [3.8, 4) is 6.07 Å². The molecular weight excluding hydrogens is 418 g/mol. The van der Waals surface area contributed by atoms with E-state index in [0.29, 0.717) is 43.1 Å². The Balaban J connectivity index is 1.58. The largest absolute Gasteiger partial charge is 0.457 e. The lowest BCUT2D eigenvalue weighted by molar-refractivity contribution is 0.0535. The molecule has 2 heterocycles. The summed E-state index contributed by atoms with van der Waals surface area (Å²) in [7, 11) is 0. The van der Waals surface area contributed by atoms with Crippen LogP contribution in [-0.4, -0.2) is 53.4 Å². The van der Waals surface area contributed by atoms with Gasteiger partial charge in [-0.3, -0.25) is 0 Å². The van der Waals surface area contributed by atoms with Crippen LogP contribution in [0.25, 0.3) is 0 Å². The van der Waals surface area contributed by atoms with Crippen molar-refractivity contribution in [2.45, 2.75) is 33.3 Å². The van der Waals surface area contributed by atoms with E-state index in [9.17, 15) is 9.90 Å². The number of hydrogen-bond acceptors (Lipinski definition) is 8. The monoisotopic (exact) mass is 447 g/mol. The number of pyridine rings is 1. The Morgan fingerprint density at radius 1 is 1.36 bits per heavy atom. The van der Waals surface area contributed by atoms with E-state index in [1.165, 1.54) is 18.0 Å². The Morgan fingerprint density at radius 2 is 2.18 bits per heavy atom. The summed E-state index contributed by atoms with van der Waals surface area (Å²) in [6.45, 7) is 6.25. The molecule has 1 aliphatic heterocycles. The standard InChI is InChI=1S/C25H29N5O3/c1-17-11-24(29-15-21(17)13-27)28-14-19(12-26)5-7-30(9-10-31)8-6-20-3-4-22-23(18(20)2)16-33-25(22)32/h3-4,11-12,14-15,26,31H,5-10,16H2,1-2H3,(H,28,29)/b19-14-,26-12?. The summed E-state index contributed by atoms with van der Waals surface area (Å²) < 4.78 is 5.14. The quantitative estimate of drug-likeness (QED) is 0.357. The van der Waals surface area contributed by atoms with Gasteiger partial charge in [0.25, 0.3) is 0 Å². The zero-order valence-corrected chi connectivity index (χ0v) is 19.0. The van der Waals surface area contributed by atoms with Crippen molar-refractivity contribution in [2.24, 2.45) is 0 Å². The van der Waals surface area contributed by atoms with Crippen LogP contribution in [0.15, 0.2) is 36.2 Å². The van der Waals surface area contributed by atoms with E-state index in [0.717, 1.165) is 35.2 Å². The van der Waals surface area contributed by atoms with E-state index < -0.39 is 0 Å². The number of anilines is 1. The number of aliphatic hydroxyl groups is 1. The highest BCUT2D eigenvalue weighted by atomic mass is 16.5. The Labute approximate surface area is 194 Å². The van der Waals surface area contributed by atoms with Gasteiger partial charge in [-0.05, 0) is 61.1 Å². The van der Waals surface area contributed by atoms with Crippen molar-refractivity contribution in [2.75, 3.05) is 31.6 Å². The number of carbonyl (C=O) groups excluding carboxylic acids is 1. The zero-order chi connectivity index (χ0) is 23.8. The molecule has 0 spiro atoms. The molecule has 0 bridgehead atoms. The summed E-state index contributed by atoms with van der Waals surface area (Å²) >= 11 is 0. The second-order valence-corrected chi connectivity index (χ2v) is 8.02. The maximum Gasteiger partial charge on any atom is 0.338 e. The van der Waals surface area contributed by atoms with Gasteiger partial charge in [0.1, 0.15) is 18.5 Å². The lowest BCUT2D eigenvalue weighted by Gasteiger charge is -2.22. The minimum Gasteiger partial charge on any atom is -0.457 e. The van der Waals surface area contributed by atoms with E-state index >= 15 is 0 Å². The highest BCUT2D eigenvalue weighted by Gasteiger charge is 2.23. The topological polar surface area (TPSA) is 122 Å². The molecular formula is C25H29N5O3. The Morgan fingerprint density at radius 3 is 2.88 bits per heavy atom. The van der Waals surface area contributed by atoms with E-state index in [-0.39, 0.29) is 12.6 Å². The van der Waals surface area contributed by atoms with Gasteiger partial charge < -0.3 is 25.5 Å². The number of cyclic esters (lactones) is 1. The van der Waals surface area contributed by atoms with Gasteiger partial charge in [0, 0.05) is 43.8 Å². The van der Waals surface area contributed by atoms with Crippen molar-refractivity contribution >= 4 is 18.0 Å². The predicted octanol–water partition coefficient (Wildman–Crippen LogP) is 3.11. The molecule has 33 heavy (non-hydrogen) atoms. The number of aromatic nitrogens is 1. The van der Waals surface area contributed by atoms with Crippen LogP contribution in [0.4, 0.5) is 5.82 Å². The number of nitrogens with one attached hydrogen (secondary N) is 2. The molecule has 0 amide bonds. The van der Waals surface area contributed by atoms with Crippen LogP contribution in [0.1, 0.15) is 44.6 Å². The first-order chi connectivity index (χ1) is 16.0. The molecule has 1 aromatic heterocycles. The van der Waals surface area contributed by atoms with E-state index in [1.54, 1.807) is 12.3 Å². The number of carbonyl (C=O) groups is 1. The first kappa shape index (κ1) is 24.1. The van der Waals surface area contributed by atoms with Crippen molar-refractivity contribution in [1.82, 2.24) is 9.88 Å². The number of fused-ring (bicyclic) bond motifs is 1. The smallest absolute Gasteiger partial charge is 0.338 e. The molecule has 0 saturated carbocycles. The number of benzene rings is 1. The molecule has 1 aliphatic rings. The molecule has 0 fully saturated rings. The lowest BCUT2D eigenvalue weighted by atomic mass is 9.96. The van der Waals surface area contributed by atoms with Gasteiger partial charge in [0.05, 0.1) is 17.7 Å². The first-order valence-corrected chi connectivity index (χ1v) is 10.9. The second kappa shape index (κ2) is 11.4. The summed E-state index contributed by atoms with van der Waals surface area (Å²) in [6.07, 6.45) is 6.02. The number of hydrogen-bond donors (Lipinski definition) is 3. The molecule has 0 aliphatic carbocycles. The number of nitrogens with zero attached hydrogens (tertiary/aromatic N) is 3. The van der Waals surface area contributed by atoms with Crippen LogP contribution in [0.3, 0.4) is 0 Å². The predicted molar refractivity (Wildman–Crippen MR) is 126 cm³/mol. The number of ether oxygens (including phenoxy) is 1. The lowest BCUT2D eigenvalue weighted by Crippen LogP contribution is -2.30. The number of nitriles is 1. The molecule has 8 nitrogen and oxygen atoms in total. The molecule has 2 aromatic rings. The Hall–Kier alpha value is -3.54. The highest BCUT2D eigenvalue weighted by molar-refractivity contribution is 5.93. The van der Waals surface area contributed by atoms with E-state index in [1.807, 2.05) is 26.0 Å². The molecule has 0 unspecified atom stereocenters. The summed E-state index contributed by atoms with van der Waals surface area (Å²) in [4.78, 5) is 18.1. The SMILES string of the molecule is Cc1cc(N/C=C(\C=N)CCN(CCO)CCc2ccc3c(c2C)COC3=O)ncc1C#N.